The van der Waals surface area contributed by atoms with Crippen molar-refractivity contribution >= 4 is 6.08 Å². The molecule has 172 valence electrons. The van der Waals surface area contributed by atoms with Crippen molar-refractivity contribution in [3.05, 3.63) is 41.0 Å². The average molecular weight is 427 g/mol. The molecule has 1 aromatic rings. The molecule has 1 heterocycles. The number of phenolic OH excluding ortho intramolecular Hbond substituents is 1. The molecule has 0 spiro atoms. The molecule has 0 amide bonds. The summed E-state index contributed by atoms with van der Waals surface area (Å²) < 4.78 is 6.39. The first kappa shape index (κ1) is 23.9. The van der Waals surface area contributed by atoms with Crippen molar-refractivity contribution in [2.75, 3.05) is 0 Å². The van der Waals surface area contributed by atoms with Gasteiger partial charge in [0.15, 0.2) is 0 Å². The topological polar surface area (TPSA) is 49.7 Å². The number of aliphatic hydroxyl groups excluding tert-OH is 1. The van der Waals surface area contributed by atoms with Crippen LogP contribution in [0.5, 0.6) is 11.5 Å². The predicted molar refractivity (Wildman–Crippen MR) is 130 cm³/mol. The molecule has 3 nitrogen and oxygen atoms in total. The van der Waals surface area contributed by atoms with Crippen LogP contribution in [0.25, 0.3) is 6.08 Å². The van der Waals surface area contributed by atoms with E-state index in [2.05, 4.69) is 33.8 Å². The van der Waals surface area contributed by atoms with E-state index in [9.17, 15) is 10.2 Å². The first-order valence-corrected chi connectivity index (χ1v) is 12.4. The smallest absolute Gasteiger partial charge is 0.127 e. The number of aromatic hydroxyl groups is 1. The standard InChI is InChI=1S/C28H42O3/c1-5-6-7-8-9-10-11-12-22(29)15-14-21-18-25(30)27-23-17-20(2)13-16-24(23)28(3,4)31-26(27)19-21/h13-15,18-19,22-24,29-30H,5-12,16-17H2,1-4H3/b15-14+. The SMILES string of the molecule is CCCCCCCCCC(O)/C=C/c1cc(O)c2c(c1)OC(C)(C)C1CC=C(C)CC21. The van der Waals surface area contributed by atoms with E-state index in [0.717, 1.165) is 42.6 Å². The molecule has 1 aliphatic carbocycles. The second-order valence-electron chi connectivity index (χ2n) is 10.2. The zero-order valence-electron chi connectivity index (χ0n) is 20.0. The summed E-state index contributed by atoms with van der Waals surface area (Å²) in [5.74, 6) is 1.78. The molecule has 0 radical (unpaired) electrons. The van der Waals surface area contributed by atoms with Gasteiger partial charge in [-0.15, -0.1) is 0 Å². The van der Waals surface area contributed by atoms with Crippen LogP contribution in [0.1, 0.15) is 109 Å². The summed E-state index contributed by atoms with van der Waals surface area (Å²) in [6, 6.07) is 3.85. The highest BCUT2D eigenvalue weighted by Gasteiger charge is 2.45. The third-order valence-corrected chi connectivity index (χ3v) is 7.14. The van der Waals surface area contributed by atoms with Crippen molar-refractivity contribution in [3.63, 3.8) is 0 Å². The zero-order valence-corrected chi connectivity index (χ0v) is 20.0. The quantitative estimate of drug-likeness (QED) is 0.300. The summed E-state index contributed by atoms with van der Waals surface area (Å²) in [6.07, 6.45) is 17.2. The lowest BCUT2D eigenvalue weighted by molar-refractivity contribution is 0.00760. The molecular formula is C28H42O3. The minimum atomic E-state index is -0.443. The Balaban J connectivity index is 1.62. The van der Waals surface area contributed by atoms with Gasteiger partial charge in [0.2, 0.25) is 0 Å². The predicted octanol–water partition coefficient (Wildman–Crippen LogP) is 7.52. The number of hydrogen-bond acceptors (Lipinski definition) is 3. The maximum atomic E-state index is 10.9. The molecular weight excluding hydrogens is 384 g/mol. The van der Waals surface area contributed by atoms with Crippen LogP contribution in [0.3, 0.4) is 0 Å². The maximum Gasteiger partial charge on any atom is 0.127 e. The Kier molecular flexibility index (Phi) is 8.27. The van der Waals surface area contributed by atoms with Crippen molar-refractivity contribution in [3.8, 4) is 11.5 Å². The van der Waals surface area contributed by atoms with E-state index in [1.54, 1.807) is 0 Å². The van der Waals surface area contributed by atoms with E-state index in [1.165, 1.54) is 44.1 Å². The van der Waals surface area contributed by atoms with E-state index in [1.807, 2.05) is 24.3 Å². The number of ether oxygens (including phenoxy) is 1. The van der Waals surface area contributed by atoms with Crippen LogP contribution in [0.2, 0.25) is 0 Å². The summed E-state index contributed by atoms with van der Waals surface area (Å²) in [5.41, 5.74) is 2.96. The van der Waals surface area contributed by atoms with Crippen molar-refractivity contribution in [2.24, 2.45) is 5.92 Å². The molecule has 0 aromatic heterocycles. The van der Waals surface area contributed by atoms with Crippen molar-refractivity contribution in [1.29, 1.82) is 0 Å². The van der Waals surface area contributed by atoms with Crippen LogP contribution in [-0.2, 0) is 0 Å². The fourth-order valence-electron chi connectivity index (χ4n) is 5.31. The Morgan fingerprint density at radius 3 is 2.58 bits per heavy atom. The van der Waals surface area contributed by atoms with Gasteiger partial charge < -0.3 is 14.9 Å². The highest BCUT2D eigenvalue weighted by molar-refractivity contribution is 5.61. The van der Waals surface area contributed by atoms with E-state index in [4.69, 9.17) is 4.74 Å². The molecule has 0 fully saturated rings. The number of fused-ring (bicyclic) bond motifs is 3. The number of aliphatic hydroxyl groups is 1. The van der Waals surface area contributed by atoms with Gasteiger partial charge in [0.1, 0.15) is 17.1 Å². The zero-order chi connectivity index (χ0) is 22.4. The monoisotopic (exact) mass is 426 g/mol. The van der Waals surface area contributed by atoms with Gasteiger partial charge in [-0.3, -0.25) is 0 Å². The van der Waals surface area contributed by atoms with Crippen LogP contribution < -0.4 is 4.74 Å². The van der Waals surface area contributed by atoms with E-state index in [0.29, 0.717) is 17.6 Å². The van der Waals surface area contributed by atoms with E-state index in [-0.39, 0.29) is 5.60 Å². The van der Waals surface area contributed by atoms with Crippen LogP contribution in [0.4, 0.5) is 0 Å². The van der Waals surface area contributed by atoms with Gasteiger partial charge in [0, 0.05) is 17.4 Å². The van der Waals surface area contributed by atoms with Gasteiger partial charge in [-0.1, -0.05) is 75.7 Å². The Bertz CT molecular complexity index is 790. The molecule has 3 rings (SSSR count). The number of benzene rings is 1. The van der Waals surface area contributed by atoms with Crippen LogP contribution in [0.15, 0.2) is 29.9 Å². The Labute approximate surface area is 189 Å². The summed E-state index contributed by atoms with van der Waals surface area (Å²) in [6.45, 7) is 8.74. The number of rotatable bonds is 10. The maximum absolute atomic E-state index is 10.9. The number of phenols is 1. The number of unbranched alkanes of at least 4 members (excludes halogenated alkanes) is 6. The van der Waals surface area contributed by atoms with E-state index >= 15 is 0 Å². The average Bonchev–Trinajstić information content (AvgIpc) is 2.70. The highest BCUT2D eigenvalue weighted by Crippen LogP contribution is 2.54. The van der Waals surface area contributed by atoms with Crippen molar-refractivity contribution in [2.45, 2.75) is 110 Å². The van der Waals surface area contributed by atoms with Gasteiger partial charge in [0.25, 0.3) is 0 Å². The van der Waals surface area contributed by atoms with Crippen molar-refractivity contribution < 1.29 is 14.9 Å². The summed E-state index contributed by atoms with van der Waals surface area (Å²) >= 11 is 0. The normalized spacial score (nSPS) is 23.1. The molecule has 0 bridgehead atoms. The molecule has 0 saturated heterocycles. The van der Waals surface area contributed by atoms with Gasteiger partial charge in [-0.05, 0) is 57.7 Å². The number of allylic oxidation sites excluding steroid dienone is 2. The lowest BCUT2D eigenvalue weighted by atomic mass is 9.67. The minimum Gasteiger partial charge on any atom is -0.507 e. The van der Waals surface area contributed by atoms with Gasteiger partial charge in [-0.2, -0.15) is 0 Å². The fraction of sp³-hybridized carbons (Fsp3) is 0.643. The van der Waals surface area contributed by atoms with Gasteiger partial charge >= 0.3 is 0 Å². The molecule has 31 heavy (non-hydrogen) atoms. The Morgan fingerprint density at radius 2 is 1.84 bits per heavy atom. The molecule has 2 N–H and O–H groups in total. The second-order valence-corrected chi connectivity index (χ2v) is 10.2. The lowest BCUT2D eigenvalue weighted by Gasteiger charge is -2.47. The lowest BCUT2D eigenvalue weighted by Crippen LogP contribution is -2.45. The summed E-state index contributed by atoms with van der Waals surface area (Å²) in [4.78, 5) is 0. The van der Waals surface area contributed by atoms with Gasteiger partial charge in [0.05, 0.1) is 6.10 Å². The summed E-state index contributed by atoms with van der Waals surface area (Å²) in [5, 5.41) is 21.2. The molecule has 1 aromatic carbocycles. The molecule has 0 saturated carbocycles. The fourth-order valence-corrected chi connectivity index (χ4v) is 5.31. The van der Waals surface area contributed by atoms with Crippen LogP contribution in [-0.4, -0.2) is 21.9 Å². The summed E-state index contributed by atoms with van der Waals surface area (Å²) in [7, 11) is 0. The van der Waals surface area contributed by atoms with Crippen LogP contribution >= 0.6 is 0 Å². The Hall–Kier alpha value is -1.74. The molecule has 3 heteroatoms. The second kappa shape index (κ2) is 10.7. The highest BCUT2D eigenvalue weighted by atomic mass is 16.5. The number of hydrogen-bond donors (Lipinski definition) is 2. The third kappa shape index (κ3) is 6.16. The van der Waals surface area contributed by atoms with E-state index < -0.39 is 6.10 Å². The minimum absolute atomic E-state index is 0.264. The first-order valence-electron chi connectivity index (χ1n) is 12.4. The first-order chi connectivity index (χ1) is 14.8. The van der Waals surface area contributed by atoms with Crippen LogP contribution in [0, 0.1) is 5.92 Å². The Morgan fingerprint density at radius 1 is 1.13 bits per heavy atom. The van der Waals surface area contributed by atoms with Gasteiger partial charge in [-0.25, -0.2) is 0 Å². The molecule has 2 aliphatic rings. The molecule has 1 aliphatic heterocycles. The third-order valence-electron chi connectivity index (χ3n) is 7.14. The largest absolute Gasteiger partial charge is 0.507 e. The van der Waals surface area contributed by atoms with Crippen molar-refractivity contribution in [1.82, 2.24) is 0 Å². The molecule has 3 unspecified atom stereocenters. The molecule has 3 atom stereocenters.